The van der Waals surface area contributed by atoms with Crippen LogP contribution in [0, 0.1) is 0 Å². The van der Waals surface area contributed by atoms with Gasteiger partial charge in [0.1, 0.15) is 25.2 Å². The molecular formula is C8H9N3O6. The molecule has 0 atom stereocenters. The Morgan fingerprint density at radius 1 is 1.00 bits per heavy atom. The maximum absolute atomic E-state index is 10.5. The van der Waals surface area contributed by atoms with Crippen molar-refractivity contribution in [3.63, 3.8) is 0 Å². The molecule has 0 amide bonds. The predicted octanol–water partition coefficient (Wildman–Crippen LogP) is -1.38. The highest BCUT2D eigenvalue weighted by Crippen LogP contribution is 2.01. The molecule has 92 valence electrons. The van der Waals surface area contributed by atoms with Crippen molar-refractivity contribution in [2.45, 2.75) is 19.4 Å². The summed E-state index contributed by atoms with van der Waals surface area (Å²) in [6, 6.07) is 0. The molecule has 0 aliphatic rings. The maximum Gasteiger partial charge on any atom is 0.325 e. The van der Waals surface area contributed by atoms with E-state index in [9.17, 15) is 14.4 Å². The van der Waals surface area contributed by atoms with Gasteiger partial charge in [-0.15, -0.1) is 0 Å². The van der Waals surface area contributed by atoms with Crippen LogP contribution in [0.15, 0.2) is 0 Å². The van der Waals surface area contributed by atoms with E-state index in [0.717, 1.165) is 4.68 Å². The van der Waals surface area contributed by atoms with E-state index < -0.39 is 37.3 Å². The highest BCUT2D eigenvalue weighted by molar-refractivity contribution is 5.71. The van der Waals surface area contributed by atoms with Crippen molar-refractivity contribution in [1.29, 1.82) is 0 Å². The first kappa shape index (κ1) is 12.6. The van der Waals surface area contributed by atoms with E-state index in [1.807, 2.05) is 0 Å². The number of carboxylic acid groups (broad SMARTS) is 3. The lowest BCUT2D eigenvalue weighted by Gasteiger charge is -1.99. The van der Waals surface area contributed by atoms with Crippen LogP contribution in [-0.2, 0) is 33.8 Å². The molecule has 9 nitrogen and oxygen atoms in total. The average Bonchev–Trinajstić information content (AvgIpc) is 2.44. The van der Waals surface area contributed by atoms with Gasteiger partial charge in [-0.05, 0) is 0 Å². The van der Waals surface area contributed by atoms with Gasteiger partial charge < -0.3 is 15.3 Å². The molecule has 0 aliphatic heterocycles. The van der Waals surface area contributed by atoms with Gasteiger partial charge in [-0.1, -0.05) is 0 Å². The second kappa shape index (κ2) is 5.05. The number of rotatable bonds is 6. The Bertz CT molecular complexity index is 432. The van der Waals surface area contributed by atoms with Gasteiger partial charge in [-0.25, -0.2) is 9.67 Å². The molecule has 0 radical (unpaired) electrons. The van der Waals surface area contributed by atoms with Crippen LogP contribution in [0.4, 0.5) is 0 Å². The van der Waals surface area contributed by atoms with Crippen molar-refractivity contribution in [2.75, 3.05) is 0 Å². The number of aromatic nitrogens is 3. The third kappa shape index (κ3) is 3.89. The largest absolute Gasteiger partial charge is 0.481 e. The molecule has 0 unspecified atom stereocenters. The summed E-state index contributed by atoms with van der Waals surface area (Å²) in [5.74, 6) is -3.81. The van der Waals surface area contributed by atoms with Crippen molar-refractivity contribution < 1.29 is 29.7 Å². The minimum absolute atomic E-state index is 0.0869. The van der Waals surface area contributed by atoms with Crippen molar-refractivity contribution in [3.05, 3.63) is 11.6 Å². The molecule has 1 aromatic heterocycles. The number of aliphatic carboxylic acids is 3. The van der Waals surface area contributed by atoms with Crippen molar-refractivity contribution >= 4 is 17.9 Å². The highest BCUT2D eigenvalue weighted by atomic mass is 16.4. The molecule has 9 heteroatoms. The number of carboxylic acids is 3. The summed E-state index contributed by atoms with van der Waals surface area (Å²) < 4.78 is 0.870. The van der Waals surface area contributed by atoms with Crippen LogP contribution in [0.3, 0.4) is 0 Å². The normalized spacial score (nSPS) is 10.1. The maximum atomic E-state index is 10.5. The van der Waals surface area contributed by atoms with Crippen LogP contribution >= 0.6 is 0 Å². The Morgan fingerprint density at radius 2 is 1.59 bits per heavy atom. The molecule has 0 aliphatic carbocycles. The van der Waals surface area contributed by atoms with Crippen LogP contribution in [-0.4, -0.2) is 48.0 Å². The smallest absolute Gasteiger partial charge is 0.325 e. The summed E-state index contributed by atoms with van der Waals surface area (Å²) in [5, 5.41) is 29.3. The summed E-state index contributed by atoms with van der Waals surface area (Å²) in [4.78, 5) is 35.1. The van der Waals surface area contributed by atoms with E-state index in [4.69, 9.17) is 15.3 Å². The molecule has 0 fully saturated rings. The lowest BCUT2D eigenvalue weighted by Crippen LogP contribution is -2.15. The van der Waals surface area contributed by atoms with Gasteiger partial charge in [0.15, 0.2) is 5.82 Å². The van der Waals surface area contributed by atoms with Crippen molar-refractivity contribution in [1.82, 2.24) is 14.8 Å². The molecule has 17 heavy (non-hydrogen) atoms. The average molecular weight is 243 g/mol. The van der Waals surface area contributed by atoms with Gasteiger partial charge in [0.05, 0.1) is 0 Å². The van der Waals surface area contributed by atoms with E-state index >= 15 is 0 Å². The van der Waals surface area contributed by atoms with Gasteiger partial charge in [-0.3, -0.25) is 14.4 Å². The molecule has 0 aromatic carbocycles. The Hall–Kier alpha value is -2.45. The first-order valence-electron chi connectivity index (χ1n) is 4.46. The van der Waals surface area contributed by atoms with Crippen LogP contribution in [0.2, 0.25) is 0 Å². The summed E-state index contributed by atoms with van der Waals surface area (Å²) >= 11 is 0. The number of nitrogens with zero attached hydrogens (tertiary/aromatic N) is 3. The van der Waals surface area contributed by atoms with Crippen LogP contribution in [0.1, 0.15) is 11.6 Å². The summed E-state index contributed by atoms with van der Waals surface area (Å²) in [7, 11) is 0. The molecular weight excluding hydrogens is 234 g/mol. The molecule has 0 spiro atoms. The van der Waals surface area contributed by atoms with Gasteiger partial charge in [-0.2, -0.15) is 5.10 Å². The van der Waals surface area contributed by atoms with Gasteiger partial charge in [0.25, 0.3) is 0 Å². The quantitative estimate of drug-likeness (QED) is 0.554. The first-order valence-corrected chi connectivity index (χ1v) is 4.46. The fourth-order valence-electron chi connectivity index (χ4n) is 1.16. The minimum atomic E-state index is -1.22. The van der Waals surface area contributed by atoms with Gasteiger partial charge >= 0.3 is 17.9 Å². The molecule has 0 saturated carbocycles. The van der Waals surface area contributed by atoms with E-state index in [-0.39, 0.29) is 11.6 Å². The summed E-state index contributed by atoms with van der Waals surface area (Å²) in [6.07, 6.45) is -1.00. The second-order valence-electron chi connectivity index (χ2n) is 3.14. The molecule has 1 rings (SSSR count). The first-order chi connectivity index (χ1) is 7.88. The van der Waals surface area contributed by atoms with Gasteiger partial charge in [0.2, 0.25) is 0 Å². The van der Waals surface area contributed by atoms with E-state index in [1.54, 1.807) is 0 Å². The van der Waals surface area contributed by atoms with Gasteiger partial charge in [0, 0.05) is 0 Å². The molecule has 1 aromatic rings. The van der Waals surface area contributed by atoms with Crippen molar-refractivity contribution in [2.24, 2.45) is 0 Å². The van der Waals surface area contributed by atoms with Crippen LogP contribution in [0.25, 0.3) is 0 Å². The molecule has 1 heterocycles. The lowest BCUT2D eigenvalue weighted by atomic mass is 10.4. The van der Waals surface area contributed by atoms with Crippen molar-refractivity contribution in [3.8, 4) is 0 Å². The lowest BCUT2D eigenvalue weighted by molar-refractivity contribution is -0.139. The zero-order chi connectivity index (χ0) is 13.0. The van der Waals surface area contributed by atoms with E-state index in [2.05, 4.69) is 10.1 Å². The zero-order valence-electron chi connectivity index (χ0n) is 8.53. The summed E-state index contributed by atoms with van der Waals surface area (Å²) in [5.41, 5.74) is 0. The molecule has 0 bridgehead atoms. The Morgan fingerprint density at radius 3 is 2.06 bits per heavy atom. The standard InChI is InChI=1S/C8H9N3O6/c12-6(13)1-4-9-5(2-7(14)15)11(10-4)3-8(16)17/h1-3H2,(H,12,13)(H,14,15)(H,16,17). The Labute approximate surface area is 94.3 Å². The monoisotopic (exact) mass is 243 g/mol. The van der Waals surface area contributed by atoms with E-state index in [0.29, 0.717) is 0 Å². The third-order valence-electron chi connectivity index (χ3n) is 1.70. The topological polar surface area (TPSA) is 143 Å². The second-order valence-corrected chi connectivity index (χ2v) is 3.14. The Balaban J connectivity index is 2.97. The number of carbonyl (C=O) groups is 3. The molecule has 3 N–H and O–H groups in total. The van der Waals surface area contributed by atoms with Crippen LogP contribution < -0.4 is 0 Å². The minimum Gasteiger partial charge on any atom is -0.481 e. The fourth-order valence-corrected chi connectivity index (χ4v) is 1.16. The Kier molecular flexibility index (Phi) is 3.75. The SMILES string of the molecule is O=C(O)Cc1nc(CC(=O)O)n(CC(=O)O)n1. The number of hydrogen-bond acceptors (Lipinski definition) is 5. The third-order valence-corrected chi connectivity index (χ3v) is 1.70. The zero-order valence-corrected chi connectivity index (χ0v) is 8.53. The summed E-state index contributed by atoms with van der Waals surface area (Å²) in [6.45, 7) is -0.560. The molecule has 0 saturated heterocycles. The van der Waals surface area contributed by atoms with Crippen LogP contribution in [0.5, 0.6) is 0 Å². The highest BCUT2D eigenvalue weighted by Gasteiger charge is 2.16. The number of hydrogen-bond donors (Lipinski definition) is 3. The fraction of sp³-hybridized carbons (Fsp3) is 0.375. The van der Waals surface area contributed by atoms with E-state index in [1.165, 1.54) is 0 Å². The predicted molar refractivity (Wildman–Crippen MR) is 50.3 cm³/mol.